The van der Waals surface area contributed by atoms with E-state index in [0.29, 0.717) is 10.4 Å². The summed E-state index contributed by atoms with van der Waals surface area (Å²) in [4.78, 5) is 18.6. The van der Waals surface area contributed by atoms with Gasteiger partial charge in [0.15, 0.2) is 4.73 Å². The Morgan fingerprint density at radius 1 is 1.75 bits per heavy atom. The first-order valence-electron chi connectivity index (χ1n) is 3.26. The summed E-state index contributed by atoms with van der Waals surface area (Å²) in [6.07, 6.45) is 1.76. The lowest BCUT2D eigenvalue weighted by Gasteiger charge is -1.97. The zero-order valence-corrected chi connectivity index (χ0v) is 8.04. The molecule has 1 aromatic heterocycles. The van der Waals surface area contributed by atoms with Crippen LogP contribution in [0.3, 0.4) is 0 Å². The van der Waals surface area contributed by atoms with E-state index < -0.39 is 0 Å². The summed E-state index contributed by atoms with van der Waals surface area (Å²) in [6.45, 7) is 0. The van der Waals surface area contributed by atoms with Gasteiger partial charge in [-0.3, -0.25) is 4.79 Å². The van der Waals surface area contributed by atoms with E-state index in [1.165, 1.54) is 7.11 Å². The van der Waals surface area contributed by atoms with Crippen LogP contribution in [0.4, 0.5) is 0 Å². The fraction of sp³-hybridized carbons (Fsp3) is 0.286. The molecule has 1 aromatic rings. The van der Waals surface area contributed by atoms with Crippen molar-refractivity contribution in [2.75, 3.05) is 7.11 Å². The highest BCUT2D eigenvalue weighted by Crippen LogP contribution is 2.02. The Labute approximate surface area is 78.1 Å². The number of ether oxygens (including phenoxy) is 1. The zero-order chi connectivity index (χ0) is 8.97. The molecule has 0 fully saturated rings. The number of rotatable bonds is 2. The fourth-order valence-corrected chi connectivity index (χ4v) is 1.03. The second-order valence-corrected chi connectivity index (χ2v) is 2.78. The average Bonchev–Trinajstić information content (AvgIpc) is 2.04. The van der Waals surface area contributed by atoms with E-state index in [0.717, 1.165) is 0 Å². The van der Waals surface area contributed by atoms with Crippen LogP contribution in [0.25, 0.3) is 0 Å². The quantitative estimate of drug-likeness (QED) is 0.561. The minimum atomic E-state index is -0.305. The van der Waals surface area contributed by atoms with E-state index in [4.69, 9.17) is 0 Å². The monoisotopic (exact) mass is 230 g/mol. The second kappa shape index (κ2) is 4.15. The van der Waals surface area contributed by atoms with Crippen LogP contribution in [0.2, 0.25) is 0 Å². The van der Waals surface area contributed by atoms with E-state index in [1.807, 2.05) is 0 Å². The molecular formula is C7H7BrN2O2. The van der Waals surface area contributed by atoms with Gasteiger partial charge in [-0.15, -0.1) is 0 Å². The number of carbonyl (C=O) groups excluding carboxylic acids is 1. The van der Waals surface area contributed by atoms with Crippen LogP contribution >= 0.6 is 15.9 Å². The smallest absolute Gasteiger partial charge is 0.311 e. The summed E-state index contributed by atoms with van der Waals surface area (Å²) in [5.41, 5.74) is 0.642. The van der Waals surface area contributed by atoms with Crippen LogP contribution < -0.4 is 0 Å². The van der Waals surface area contributed by atoms with Crippen LogP contribution in [0.15, 0.2) is 17.0 Å². The second-order valence-electron chi connectivity index (χ2n) is 2.07. The molecule has 0 spiro atoms. The standard InChI is InChI=1S/C7H7BrN2O2/c1-12-6(11)4-5-2-3-9-7(8)10-5/h2-3H,4H2,1H3. The maximum Gasteiger partial charge on any atom is 0.311 e. The number of hydrogen-bond acceptors (Lipinski definition) is 4. The number of hydrogen-bond donors (Lipinski definition) is 0. The minimum absolute atomic E-state index is 0.178. The third kappa shape index (κ3) is 2.58. The van der Waals surface area contributed by atoms with Crippen LogP contribution in [-0.4, -0.2) is 23.0 Å². The number of carbonyl (C=O) groups is 1. The first-order chi connectivity index (χ1) is 5.72. The third-order valence-electron chi connectivity index (χ3n) is 1.24. The molecule has 0 aliphatic heterocycles. The summed E-state index contributed by atoms with van der Waals surface area (Å²) >= 11 is 3.10. The molecule has 1 rings (SSSR count). The Morgan fingerprint density at radius 2 is 2.50 bits per heavy atom. The average molecular weight is 231 g/mol. The number of halogens is 1. The number of nitrogens with zero attached hydrogens (tertiary/aromatic N) is 2. The lowest BCUT2D eigenvalue weighted by Crippen LogP contribution is -2.06. The molecule has 12 heavy (non-hydrogen) atoms. The van der Waals surface area contributed by atoms with Gasteiger partial charge in [-0.25, -0.2) is 9.97 Å². The van der Waals surface area contributed by atoms with Gasteiger partial charge in [-0.05, 0) is 22.0 Å². The molecule has 0 bridgehead atoms. The predicted molar refractivity (Wildman–Crippen MR) is 45.5 cm³/mol. The summed E-state index contributed by atoms with van der Waals surface area (Å²) in [5, 5.41) is 0. The third-order valence-corrected chi connectivity index (χ3v) is 1.62. The van der Waals surface area contributed by atoms with Gasteiger partial charge in [0.05, 0.1) is 19.2 Å². The Hall–Kier alpha value is -0.970. The highest BCUT2D eigenvalue weighted by molar-refractivity contribution is 9.10. The highest BCUT2D eigenvalue weighted by Gasteiger charge is 2.03. The molecule has 0 radical (unpaired) electrons. The van der Waals surface area contributed by atoms with Gasteiger partial charge in [0.1, 0.15) is 0 Å². The minimum Gasteiger partial charge on any atom is -0.469 e. The molecule has 0 aliphatic carbocycles. The van der Waals surface area contributed by atoms with E-state index in [-0.39, 0.29) is 12.4 Å². The largest absolute Gasteiger partial charge is 0.469 e. The molecule has 0 aromatic carbocycles. The van der Waals surface area contributed by atoms with Crippen molar-refractivity contribution in [3.8, 4) is 0 Å². The van der Waals surface area contributed by atoms with E-state index in [9.17, 15) is 4.79 Å². The molecule has 4 nitrogen and oxygen atoms in total. The number of methoxy groups -OCH3 is 1. The van der Waals surface area contributed by atoms with Crippen molar-refractivity contribution in [2.45, 2.75) is 6.42 Å². The predicted octanol–water partition coefficient (Wildman–Crippen LogP) is 0.955. The van der Waals surface area contributed by atoms with Gasteiger partial charge in [-0.2, -0.15) is 0 Å². The lowest BCUT2D eigenvalue weighted by molar-refractivity contribution is -0.139. The van der Waals surface area contributed by atoms with Crippen molar-refractivity contribution < 1.29 is 9.53 Å². The van der Waals surface area contributed by atoms with Gasteiger partial charge in [0, 0.05) is 6.20 Å². The first kappa shape index (κ1) is 9.12. The Bertz CT molecular complexity index is 290. The highest BCUT2D eigenvalue weighted by atomic mass is 79.9. The Balaban J connectivity index is 2.69. The molecule has 0 aliphatic rings. The van der Waals surface area contributed by atoms with E-state index >= 15 is 0 Å². The van der Waals surface area contributed by atoms with Crippen molar-refractivity contribution in [2.24, 2.45) is 0 Å². The van der Waals surface area contributed by atoms with Crippen LogP contribution in [0.1, 0.15) is 5.69 Å². The summed E-state index contributed by atoms with van der Waals surface area (Å²) in [7, 11) is 1.35. The van der Waals surface area contributed by atoms with Crippen LogP contribution in [-0.2, 0) is 16.0 Å². The molecule has 0 saturated carbocycles. The lowest BCUT2D eigenvalue weighted by atomic mass is 10.3. The molecule has 5 heteroatoms. The van der Waals surface area contributed by atoms with Crippen molar-refractivity contribution in [3.05, 3.63) is 22.7 Å². The fourth-order valence-electron chi connectivity index (χ4n) is 0.688. The van der Waals surface area contributed by atoms with E-state index in [2.05, 4.69) is 30.6 Å². The number of aromatic nitrogens is 2. The maximum absolute atomic E-state index is 10.8. The molecule has 1 heterocycles. The van der Waals surface area contributed by atoms with Gasteiger partial charge in [0.2, 0.25) is 0 Å². The SMILES string of the molecule is COC(=O)Cc1ccnc(Br)n1. The molecule has 0 atom stereocenters. The summed E-state index contributed by atoms with van der Waals surface area (Å²) in [6, 6.07) is 1.67. The normalized spacial score (nSPS) is 9.50. The van der Waals surface area contributed by atoms with Crippen LogP contribution in [0.5, 0.6) is 0 Å². The van der Waals surface area contributed by atoms with Crippen molar-refractivity contribution in [3.63, 3.8) is 0 Å². The molecule has 64 valence electrons. The molecular weight excluding hydrogens is 224 g/mol. The van der Waals surface area contributed by atoms with Crippen molar-refractivity contribution >= 4 is 21.9 Å². The Morgan fingerprint density at radius 3 is 3.08 bits per heavy atom. The molecule has 0 unspecified atom stereocenters. The topological polar surface area (TPSA) is 52.1 Å². The van der Waals surface area contributed by atoms with E-state index in [1.54, 1.807) is 12.3 Å². The maximum atomic E-state index is 10.8. The van der Waals surface area contributed by atoms with Crippen molar-refractivity contribution in [1.82, 2.24) is 9.97 Å². The number of esters is 1. The zero-order valence-electron chi connectivity index (χ0n) is 6.45. The first-order valence-corrected chi connectivity index (χ1v) is 4.06. The van der Waals surface area contributed by atoms with Gasteiger partial charge in [0.25, 0.3) is 0 Å². The molecule has 0 amide bonds. The van der Waals surface area contributed by atoms with Gasteiger partial charge < -0.3 is 4.74 Å². The van der Waals surface area contributed by atoms with Crippen molar-refractivity contribution in [1.29, 1.82) is 0 Å². The Kier molecular flexibility index (Phi) is 3.16. The van der Waals surface area contributed by atoms with Crippen LogP contribution in [0, 0.1) is 0 Å². The summed E-state index contributed by atoms with van der Waals surface area (Å²) < 4.78 is 4.96. The summed E-state index contributed by atoms with van der Waals surface area (Å²) in [5.74, 6) is -0.305. The molecule has 0 saturated heterocycles. The molecule has 0 N–H and O–H groups in total. The van der Waals surface area contributed by atoms with Gasteiger partial charge >= 0.3 is 5.97 Å². The van der Waals surface area contributed by atoms with Gasteiger partial charge in [-0.1, -0.05) is 0 Å².